The van der Waals surface area contributed by atoms with Crippen LogP contribution in [-0.4, -0.2) is 43.4 Å². The average molecular weight is 460 g/mol. The lowest BCUT2D eigenvalue weighted by molar-refractivity contribution is -0.123. The minimum absolute atomic E-state index is 0.0613. The molecule has 0 unspecified atom stereocenters. The minimum atomic E-state index is -0.467. The Kier molecular flexibility index (Phi) is 10.4. The zero-order valence-electron chi connectivity index (χ0n) is 18.5. The lowest BCUT2D eigenvalue weighted by Crippen LogP contribution is -2.49. The van der Waals surface area contributed by atoms with Gasteiger partial charge in [-0.2, -0.15) is 0 Å². The number of nitrogens with one attached hydrogen (secondary N) is 3. The van der Waals surface area contributed by atoms with Gasteiger partial charge in [-0.25, -0.2) is 0 Å². The van der Waals surface area contributed by atoms with Crippen LogP contribution in [-0.2, 0) is 9.53 Å². The monoisotopic (exact) mass is 459 g/mol. The van der Waals surface area contributed by atoms with Crippen molar-refractivity contribution in [2.75, 3.05) is 26.4 Å². The van der Waals surface area contributed by atoms with E-state index in [2.05, 4.69) is 30.0 Å². The zero-order chi connectivity index (χ0) is 23.3. The molecule has 0 bridgehead atoms. The van der Waals surface area contributed by atoms with Crippen molar-refractivity contribution in [1.82, 2.24) is 16.2 Å². The largest absolute Gasteiger partial charge is 0.490 e. The molecule has 0 fully saturated rings. The van der Waals surface area contributed by atoms with Gasteiger partial charge in [0.25, 0.3) is 11.8 Å². The molecular weight excluding hydrogens is 430 g/mol. The summed E-state index contributed by atoms with van der Waals surface area (Å²) in [5, 5.41) is 2.44. The molecule has 0 aliphatic carbocycles. The van der Waals surface area contributed by atoms with E-state index < -0.39 is 11.8 Å². The topological polar surface area (TPSA) is 97.9 Å². The maximum absolute atomic E-state index is 12.5. The predicted molar refractivity (Wildman–Crippen MR) is 126 cm³/mol. The van der Waals surface area contributed by atoms with Gasteiger partial charge in [-0.1, -0.05) is 38.1 Å². The summed E-state index contributed by atoms with van der Waals surface area (Å²) >= 11 is 5.07. The van der Waals surface area contributed by atoms with Crippen LogP contribution >= 0.6 is 12.2 Å². The second-order valence-corrected chi connectivity index (χ2v) is 7.42. The highest BCUT2D eigenvalue weighted by atomic mass is 32.1. The van der Waals surface area contributed by atoms with Crippen molar-refractivity contribution in [2.24, 2.45) is 0 Å². The van der Waals surface area contributed by atoms with Crippen LogP contribution in [0.4, 0.5) is 0 Å². The summed E-state index contributed by atoms with van der Waals surface area (Å²) in [5.41, 5.74) is 6.36. The van der Waals surface area contributed by atoms with Crippen molar-refractivity contribution >= 4 is 29.1 Å². The van der Waals surface area contributed by atoms with Crippen molar-refractivity contribution < 1.29 is 23.8 Å². The first-order chi connectivity index (χ1) is 15.4. The Morgan fingerprint density at radius 2 is 1.69 bits per heavy atom. The maximum atomic E-state index is 12.5. The van der Waals surface area contributed by atoms with Crippen LogP contribution in [0.2, 0.25) is 0 Å². The van der Waals surface area contributed by atoms with E-state index in [-0.39, 0.29) is 11.7 Å². The van der Waals surface area contributed by atoms with Gasteiger partial charge in [0, 0.05) is 6.61 Å². The highest BCUT2D eigenvalue weighted by Gasteiger charge is 2.14. The number of hydrogen-bond acceptors (Lipinski definition) is 6. The second-order valence-electron chi connectivity index (χ2n) is 7.01. The number of amides is 2. The van der Waals surface area contributed by atoms with E-state index in [1.54, 1.807) is 24.3 Å². The summed E-state index contributed by atoms with van der Waals surface area (Å²) < 4.78 is 16.3. The second kappa shape index (κ2) is 13.3. The van der Waals surface area contributed by atoms with Gasteiger partial charge in [0.15, 0.2) is 11.7 Å². The SMILES string of the molecule is CCOCCOc1ccccc1C(=O)NC(=S)NNC(=O)COc1ccc(C(C)C)cc1. The lowest BCUT2D eigenvalue weighted by atomic mass is 10.0. The van der Waals surface area contributed by atoms with Gasteiger partial charge in [-0.15, -0.1) is 0 Å². The number of rotatable bonds is 10. The molecule has 172 valence electrons. The Labute approximate surface area is 193 Å². The molecule has 8 nitrogen and oxygen atoms in total. The van der Waals surface area contributed by atoms with E-state index >= 15 is 0 Å². The maximum Gasteiger partial charge on any atom is 0.276 e. The van der Waals surface area contributed by atoms with Crippen LogP contribution in [0.15, 0.2) is 48.5 Å². The van der Waals surface area contributed by atoms with Crippen LogP contribution in [0, 0.1) is 0 Å². The zero-order valence-corrected chi connectivity index (χ0v) is 19.3. The fourth-order valence-corrected chi connectivity index (χ4v) is 2.74. The van der Waals surface area contributed by atoms with Gasteiger partial charge >= 0.3 is 0 Å². The molecule has 0 aromatic heterocycles. The first kappa shape index (κ1) is 25.1. The summed E-state index contributed by atoms with van der Waals surface area (Å²) in [5.74, 6) is 0.496. The van der Waals surface area contributed by atoms with Crippen molar-refractivity contribution in [2.45, 2.75) is 26.7 Å². The molecule has 32 heavy (non-hydrogen) atoms. The lowest BCUT2D eigenvalue weighted by Gasteiger charge is -2.14. The first-order valence-corrected chi connectivity index (χ1v) is 10.7. The van der Waals surface area contributed by atoms with Gasteiger partial charge in [0.1, 0.15) is 18.1 Å². The molecule has 9 heteroatoms. The van der Waals surface area contributed by atoms with Gasteiger partial charge in [0.05, 0.1) is 12.2 Å². The molecule has 2 aromatic carbocycles. The van der Waals surface area contributed by atoms with Crippen LogP contribution in [0.25, 0.3) is 0 Å². The summed E-state index contributed by atoms with van der Waals surface area (Å²) in [6.45, 7) is 7.22. The molecule has 3 N–H and O–H groups in total. The highest BCUT2D eigenvalue weighted by Crippen LogP contribution is 2.19. The molecular formula is C23H29N3O5S. The molecule has 0 heterocycles. The molecule has 0 atom stereocenters. The van der Waals surface area contributed by atoms with Gasteiger partial charge < -0.3 is 14.2 Å². The number of para-hydroxylation sites is 1. The van der Waals surface area contributed by atoms with E-state index in [0.717, 1.165) is 0 Å². The Balaban J connectivity index is 1.76. The molecule has 0 aliphatic heterocycles. The van der Waals surface area contributed by atoms with Crippen molar-refractivity contribution in [3.63, 3.8) is 0 Å². The molecule has 0 spiro atoms. The summed E-state index contributed by atoms with van der Waals surface area (Å²) in [4.78, 5) is 24.5. The Morgan fingerprint density at radius 3 is 2.38 bits per heavy atom. The van der Waals surface area contributed by atoms with E-state index in [1.165, 1.54) is 5.56 Å². The van der Waals surface area contributed by atoms with E-state index in [4.69, 9.17) is 26.4 Å². The third-order valence-corrected chi connectivity index (χ3v) is 4.48. The molecule has 0 saturated heterocycles. The van der Waals surface area contributed by atoms with Gasteiger partial charge in [-0.05, 0) is 54.9 Å². The number of thiocarbonyl (C=S) groups is 1. The third-order valence-electron chi connectivity index (χ3n) is 4.28. The normalized spacial score (nSPS) is 10.4. The standard InChI is InChI=1S/C23H29N3O5S/c1-4-29-13-14-30-20-8-6-5-7-19(20)22(28)24-23(32)26-25-21(27)15-31-18-11-9-17(10-12-18)16(2)3/h5-12,16H,4,13-15H2,1-3H3,(H,25,27)(H2,24,26,28,32). The van der Waals surface area contributed by atoms with Crippen LogP contribution in [0.5, 0.6) is 11.5 Å². The first-order valence-electron chi connectivity index (χ1n) is 10.3. The van der Waals surface area contributed by atoms with Crippen LogP contribution in [0.3, 0.4) is 0 Å². The Bertz CT molecular complexity index is 903. The number of hydrazine groups is 1. The molecule has 0 saturated carbocycles. The fraction of sp³-hybridized carbons (Fsp3) is 0.348. The third kappa shape index (κ3) is 8.52. The highest BCUT2D eigenvalue weighted by molar-refractivity contribution is 7.80. The van der Waals surface area contributed by atoms with Gasteiger partial charge in [-0.3, -0.25) is 25.8 Å². The van der Waals surface area contributed by atoms with Crippen molar-refractivity contribution in [3.8, 4) is 11.5 Å². The smallest absolute Gasteiger partial charge is 0.276 e. The summed E-state index contributed by atoms with van der Waals surface area (Å²) in [6.07, 6.45) is 0. The average Bonchev–Trinajstić information content (AvgIpc) is 2.79. The van der Waals surface area contributed by atoms with E-state index in [1.807, 2.05) is 31.2 Å². The number of benzene rings is 2. The minimum Gasteiger partial charge on any atom is -0.490 e. The van der Waals surface area contributed by atoms with Crippen molar-refractivity contribution in [3.05, 3.63) is 59.7 Å². The fourth-order valence-electron chi connectivity index (χ4n) is 2.60. The Hall–Kier alpha value is -3.17. The number of carbonyl (C=O) groups is 2. The molecule has 2 rings (SSSR count). The Morgan fingerprint density at radius 1 is 0.969 bits per heavy atom. The molecule has 2 aromatic rings. The molecule has 2 amide bonds. The number of carbonyl (C=O) groups excluding carboxylic acids is 2. The molecule has 0 aliphatic rings. The van der Waals surface area contributed by atoms with Crippen LogP contribution in [0.1, 0.15) is 42.6 Å². The van der Waals surface area contributed by atoms with Crippen LogP contribution < -0.4 is 25.6 Å². The molecule has 0 radical (unpaired) electrons. The van der Waals surface area contributed by atoms with Crippen molar-refractivity contribution in [1.29, 1.82) is 0 Å². The predicted octanol–water partition coefficient (Wildman–Crippen LogP) is 2.94. The van der Waals surface area contributed by atoms with E-state index in [9.17, 15) is 9.59 Å². The number of hydrogen-bond donors (Lipinski definition) is 3. The number of ether oxygens (including phenoxy) is 3. The summed E-state index contributed by atoms with van der Waals surface area (Å²) in [7, 11) is 0. The van der Waals surface area contributed by atoms with Gasteiger partial charge in [0.2, 0.25) is 0 Å². The van der Waals surface area contributed by atoms with E-state index in [0.29, 0.717) is 42.8 Å². The quantitative estimate of drug-likeness (QED) is 0.285. The summed E-state index contributed by atoms with van der Waals surface area (Å²) in [6, 6.07) is 14.3.